The number of benzene rings is 2. The summed E-state index contributed by atoms with van der Waals surface area (Å²) < 4.78 is 8.91. The second kappa shape index (κ2) is 7.92. The molecule has 2 heterocycles. The van der Waals surface area contributed by atoms with Crippen LogP contribution in [0.15, 0.2) is 65.3 Å². The van der Waals surface area contributed by atoms with E-state index in [4.69, 9.17) is 4.74 Å². The first-order valence-electron chi connectivity index (χ1n) is 8.88. The zero-order valence-corrected chi connectivity index (χ0v) is 17.4. The minimum atomic E-state index is -0.263. The summed E-state index contributed by atoms with van der Waals surface area (Å²) in [7, 11) is 3.50. The van der Waals surface area contributed by atoms with E-state index in [1.165, 1.54) is 0 Å². The van der Waals surface area contributed by atoms with Gasteiger partial charge in [-0.2, -0.15) is 0 Å². The van der Waals surface area contributed by atoms with Crippen molar-refractivity contribution in [3.8, 4) is 11.5 Å². The first-order valence-corrected chi connectivity index (χ1v) is 9.68. The molecule has 0 fully saturated rings. The van der Waals surface area contributed by atoms with Gasteiger partial charge in [-0.05, 0) is 42.5 Å². The summed E-state index contributed by atoms with van der Waals surface area (Å²) in [6, 6.07) is 16.9. The number of hydrogen-bond acceptors (Lipinski definition) is 5. The van der Waals surface area contributed by atoms with Gasteiger partial charge in [0.2, 0.25) is 5.95 Å². The second-order valence-electron chi connectivity index (χ2n) is 6.33. The van der Waals surface area contributed by atoms with Crippen LogP contribution in [0.25, 0.3) is 11.0 Å². The average Bonchev–Trinajstić information content (AvgIpc) is 3.04. The van der Waals surface area contributed by atoms with Crippen molar-refractivity contribution in [2.75, 3.05) is 12.4 Å². The summed E-state index contributed by atoms with van der Waals surface area (Å²) in [6.45, 7) is 0. The quantitative estimate of drug-likeness (QED) is 0.462. The lowest BCUT2D eigenvalue weighted by Crippen LogP contribution is -2.18. The number of nitrogens with one attached hydrogen (secondary N) is 2. The number of aryl methyl sites for hydroxylation is 1. The lowest BCUT2D eigenvalue weighted by molar-refractivity contribution is 0.0958. The minimum absolute atomic E-state index is 0.263. The molecule has 0 unspecified atom stereocenters. The van der Waals surface area contributed by atoms with Crippen LogP contribution >= 0.6 is 15.9 Å². The van der Waals surface area contributed by atoms with Gasteiger partial charge in [0, 0.05) is 42.6 Å². The van der Waals surface area contributed by atoms with Crippen LogP contribution in [-0.2, 0) is 7.05 Å². The van der Waals surface area contributed by atoms with Crippen LogP contribution in [-0.4, -0.2) is 27.5 Å². The predicted octanol–water partition coefficient (Wildman–Crippen LogP) is 4.63. The van der Waals surface area contributed by atoms with E-state index in [2.05, 4.69) is 36.5 Å². The fraction of sp³-hybridized carbons (Fsp3) is 0.0952. The van der Waals surface area contributed by atoms with Crippen molar-refractivity contribution in [3.05, 3.63) is 71.0 Å². The Balaban J connectivity index is 1.60. The molecule has 2 N–H and O–H groups in total. The third-order valence-electron chi connectivity index (χ3n) is 4.38. The lowest BCUT2D eigenvalue weighted by atomic mass is 10.3. The highest BCUT2D eigenvalue weighted by atomic mass is 79.9. The lowest BCUT2D eigenvalue weighted by Gasteiger charge is -2.08. The molecule has 7 nitrogen and oxygen atoms in total. The van der Waals surface area contributed by atoms with Gasteiger partial charge in [-0.3, -0.25) is 9.78 Å². The topological polar surface area (TPSA) is 81.1 Å². The molecule has 4 rings (SSSR count). The highest BCUT2D eigenvalue weighted by molar-refractivity contribution is 9.10. The Bertz CT molecular complexity index is 1190. The van der Waals surface area contributed by atoms with E-state index in [0.717, 1.165) is 27.1 Å². The Morgan fingerprint density at radius 3 is 2.59 bits per heavy atom. The number of carbonyl (C=O) groups excluding carboxylic acids is 1. The summed E-state index contributed by atoms with van der Waals surface area (Å²) in [5.74, 6) is 1.64. The molecule has 0 aliphatic rings. The van der Waals surface area contributed by atoms with Crippen LogP contribution < -0.4 is 15.4 Å². The van der Waals surface area contributed by atoms with Gasteiger partial charge in [-0.25, -0.2) is 4.98 Å². The van der Waals surface area contributed by atoms with E-state index < -0.39 is 0 Å². The minimum Gasteiger partial charge on any atom is -0.457 e. The molecule has 29 heavy (non-hydrogen) atoms. The normalized spacial score (nSPS) is 10.7. The van der Waals surface area contributed by atoms with Gasteiger partial charge in [0.05, 0.1) is 11.0 Å². The molecule has 0 radical (unpaired) electrons. The molecule has 2 aromatic heterocycles. The maximum Gasteiger partial charge on any atom is 0.269 e. The number of nitrogens with zero attached hydrogens (tertiary/aromatic N) is 3. The van der Waals surface area contributed by atoms with E-state index in [1.54, 1.807) is 25.4 Å². The molecular formula is C21H18BrN5O2. The molecule has 146 valence electrons. The third kappa shape index (κ3) is 4.07. The van der Waals surface area contributed by atoms with Crippen LogP contribution in [0.5, 0.6) is 11.5 Å². The van der Waals surface area contributed by atoms with Gasteiger partial charge in [0.1, 0.15) is 17.2 Å². The Labute approximate surface area is 175 Å². The van der Waals surface area contributed by atoms with E-state index >= 15 is 0 Å². The van der Waals surface area contributed by atoms with Gasteiger partial charge >= 0.3 is 0 Å². The van der Waals surface area contributed by atoms with Crippen LogP contribution in [0.2, 0.25) is 0 Å². The van der Waals surface area contributed by atoms with Gasteiger partial charge < -0.3 is 19.9 Å². The van der Waals surface area contributed by atoms with Crippen molar-refractivity contribution in [3.63, 3.8) is 0 Å². The number of amides is 1. The molecule has 0 saturated heterocycles. The van der Waals surface area contributed by atoms with Crippen molar-refractivity contribution in [1.82, 2.24) is 19.9 Å². The van der Waals surface area contributed by atoms with Gasteiger partial charge in [0.15, 0.2) is 0 Å². The average molecular weight is 452 g/mol. The zero-order chi connectivity index (χ0) is 20.4. The Hall–Kier alpha value is -3.39. The highest BCUT2D eigenvalue weighted by Gasteiger charge is 2.11. The van der Waals surface area contributed by atoms with Crippen molar-refractivity contribution in [2.45, 2.75) is 0 Å². The number of hydrogen-bond donors (Lipinski definition) is 2. The van der Waals surface area contributed by atoms with Crippen LogP contribution in [0.3, 0.4) is 0 Å². The highest BCUT2D eigenvalue weighted by Crippen LogP contribution is 2.28. The molecular weight excluding hydrogens is 434 g/mol. The first-order chi connectivity index (χ1) is 14.0. The van der Waals surface area contributed by atoms with Crippen LogP contribution in [0.1, 0.15) is 10.5 Å². The molecule has 2 aromatic carbocycles. The van der Waals surface area contributed by atoms with Crippen molar-refractivity contribution < 1.29 is 9.53 Å². The molecule has 0 spiro atoms. The smallest absolute Gasteiger partial charge is 0.269 e. The number of imidazole rings is 1. The Kier molecular flexibility index (Phi) is 5.18. The zero-order valence-electron chi connectivity index (χ0n) is 15.8. The van der Waals surface area contributed by atoms with E-state index in [-0.39, 0.29) is 5.91 Å². The van der Waals surface area contributed by atoms with Crippen LogP contribution in [0, 0.1) is 0 Å². The summed E-state index contributed by atoms with van der Waals surface area (Å²) in [4.78, 5) is 20.5. The third-order valence-corrected chi connectivity index (χ3v) is 4.91. The van der Waals surface area contributed by atoms with Gasteiger partial charge in [0.25, 0.3) is 5.91 Å². The summed E-state index contributed by atoms with van der Waals surface area (Å²) in [5.41, 5.74) is 3.01. The molecule has 0 atom stereocenters. The van der Waals surface area contributed by atoms with E-state index in [9.17, 15) is 4.79 Å². The maximum atomic E-state index is 11.8. The monoisotopic (exact) mass is 451 g/mol. The van der Waals surface area contributed by atoms with E-state index in [1.807, 2.05) is 54.1 Å². The molecule has 0 aliphatic carbocycles. The second-order valence-corrected chi connectivity index (χ2v) is 7.25. The fourth-order valence-electron chi connectivity index (χ4n) is 2.87. The number of fused-ring (bicyclic) bond motifs is 1. The largest absolute Gasteiger partial charge is 0.457 e. The summed E-state index contributed by atoms with van der Waals surface area (Å²) in [5, 5.41) is 5.87. The van der Waals surface area contributed by atoms with Gasteiger partial charge in [-0.1, -0.05) is 15.9 Å². The van der Waals surface area contributed by atoms with Gasteiger partial charge in [-0.15, -0.1) is 0 Å². The number of anilines is 2. The number of pyridine rings is 1. The van der Waals surface area contributed by atoms with Crippen molar-refractivity contribution >= 4 is 44.5 Å². The first kappa shape index (κ1) is 18.9. The molecule has 8 heteroatoms. The van der Waals surface area contributed by atoms with Crippen molar-refractivity contribution in [2.24, 2.45) is 7.05 Å². The fourth-order valence-corrected chi connectivity index (χ4v) is 3.13. The van der Waals surface area contributed by atoms with E-state index in [0.29, 0.717) is 17.2 Å². The molecule has 0 bridgehead atoms. The number of ether oxygens (including phenoxy) is 1. The maximum absolute atomic E-state index is 11.8. The number of halogens is 1. The SMILES string of the molecule is CNC(=O)c1cc(Oc2ccc3nc(Nc4ccc(Br)cc4)n(C)c3c2)ccn1. The van der Waals surface area contributed by atoms with Crippen molar-refractivity contribution in [1.29, 1.82) is 0 Å². The standard InChI is InChI=1S/C21H18BrN5O2/c1-23-20(28)18-11-16(9-10-24-18)29-15-7-8-17-19(12-15)27(2)21(26-17)25-14-5-3-13(22)4-6-14/h3-12H,1-2H3,(H,23,28)(H,25,26). The summed E-state index contributed by atoms with van der Waals surface area (Å²) in [6.07, 6.45) is 1.54. The molecule has 1 amide bonds. The number of carbonyl (C=O) groups is 1. The van der Waals surface area contributed by atoms with Crippen LogP contribution in [0.4, 0.5) is 11.6 Å². The number of aromatic nitrogens is 3. The molecule has 0 aliphatic heterocycles. The predicted molar refractivity (Wildman–Crippen MR) is 116 cm³/mol. The Morgan fingerprint density at radius 2 is 1.83 bits per heavy atom. The molecule has 0 saturated carbocycles. The number of rotatable bonds is 5. The molecule has 4 aromatic rings. The summed E-state index contributed by atoms with van der Waals surface area (Å²) >= 11 is 3.44. The Morgan fingerprint density at radius 1 is 1.07 bits per heavy atom.